The van der Waals surface area contributed by atoms with Gasteiger partial charge in [0.1, 0.15) is 0 Å². The molecule has 0 radical (unpaired) electrons. The van der Waals surface area contributed by atoms with E-state index in [2.05, 4.69) is 26.8 Å². The molecule has 3 heteroatoms. The molecule has 3 fully saturated rings. The van der Waals surface area contributed by atoms with E-state index < -0.39 is 11.7 Å². The molecule has 8 unspecified atom stereocenters. The lowest BCUT2D eigenvalue weighted by molar-refractivity contribution is -0.0698. The van der Waals surface area contributed by atoms with E-state index in [1.807, 2.05) is 19.4 Å². The van der Waals surface area contributed by atoms with Crippen LogP contribution in [0.25, 0.3) is 0 Å². The Balaban J connectivity index is 0.000000860. The third-order valence-electron chi connectivity index (χ3n) is 10.2. The zero-order valence-electron chi connectivity index (χ0n) is 22.5. The van der Waals surface area contributed by atoms with Crippen LogP contribution in [0.4, 0.5) is 0 Å². The highest BCUT2D eigenvalue weighted by Crippen LogP contribution is 2.69. The van der Waals surface area contributed by atoms with Gasteiger partial charge in [0.15, 0.2) is 0 Å². The average Bonchev–Trinajstić information content (AvgIpc) is 3.31. The van der Waals surface area contributed by atoms with E-state index in [4.69, 9.17) is 5.11 Å². The van der Waals surface area contributed by atoms with Crippen LogP contribution < -0.4 is 0 Å². The Bertz CT molecular complexity index is 620. The summed E-state index contributed by atoms with van der Waals surface area (Å²) in [6.07, 6.45) is 14.9. The fourth-order valence-corrected chi connectivity index (χ4v) is 8.24. The molecule has 0 spiro atoms. The van der Waals surface area contributed by atoms with Crippen molar-refractivity contribution >= 4 is 0 Å². The number of hydrogen-bond donors (Lipinski definition) is 3. The van der Waals surface area contributed by atoms with E-state index in [0.717, 1.165) is 49.5 Å². The molecular weight excluding hydrogens is 396 g/mol. The normalized spacial score (nSPS) is 41.1. The molecule has 3 nitrogen and oxygen atoms in total. The van der Waals surface area contributed by atoms with Crippen LogP contribution in [0.5, 0.6) is 0 Å². The highest BCUT2D eigenvalue weighted by Gasteiger charge is 2.60. The summed E-state index contributed by atoms with van der Waals surface area (Å²) in [4.78, 5) is 0. The molecule has 4 aliphatic rings. The van der Waals surface area contributed by atoms with Gasteiger partial charge in [0.2, 0.25) is 0 Å². The molecule has 4 rings (SSSR count). The van der Waals surface area contributed by atoms with Crippen molar-refractivity contribution in [2.45, 2.75) is 124 Å². The van der Waals surface area contributed by atoms with Gasteiger partial charge in [-0.3, -0.25) is 0 Å². The van der Waals surface area contributed by atoms with E-state index in [1.54, 1.807) is 13.8 Å². The highest BCUT2D eigenvalue weighted by molar-refractivity contribution is 5.25. The van der Waals surface area contributed by atoms with Gasteiger partial charge in [0, 0.05) is 7.11 Å². The SMILES string of the molecule is CC.CC1CCC2C1=CCC1C3CCC(CCCC(O)C(C)(C)O)C3(C)CCC21C.CO. The van der Waals surface area contributed by atoms with Crippen molar-refractivity contribution in [2.75, 3.05) is 7.11 Å². The summed E-state index contributed by atoms with van der Waals surface area (Å²) >= 11 is 0. The van der Waals surface area contributed by atoms with Gasteiger partial charge in [0.25, 0.3) is 0 Å². The number of aliphatic hydroxyl groups excluding tert-OH is 2. The second kappa shape index (κ2) is 10.9. The molecule has 4 aliphatic carbocycles. The smallest absolute Gasteiger partial charge is 0.0849 e. The van der Waals surface area contributed by atoms with Crippen molar-refractivity contribution in [3.63, 3.8) is 0 Å². The lowest BCUT2D eigenvalue weighted by Crippen LogP contribution is -2.50. The van der Waals surface area contributed by atoms with Gasteiger partial charge in [-0.15, -0.1) is 0 Å². The number of rotatable bonds is 5. The minimum Gasteiger partial charge on any atom is -0.400 e. The summed E-state index contributed by atoms with van der Waals surface area (Å²) in [7, 11) is 1.00. The third kappa shape index (κ3) is 5.01. The first kappa shape index (κ1) is 27.9. The average molecular weight is 451 g/mol. The van der Waals surface area contributed by atoms with Crippen molar-refractivity contribution in [1.82, 2.24) is 0 Å². The number of fused-ring (bicyclic) bond motifs is 5. The first-order valence-electron chi connectivity index (χ1n) is 13.6. The Kier molecular flexibility index (Phi) is 9.50. The summed E-state index contributed by atoms with van der Waals surface area (Å²) in [6.45, 7) is 15.2. The zero-order chi connectivity index (χ0) is 24.3. The minimum absolute atomic E-state index is 0.499. The maximum atomic E-state index is 10.2. The van der Waals surface area contributed by atoms with Gasteiger partial charge in [-0.05, 0) is 112 Å². The molecule has 0 amide bonds. The number of hydrogen-bond acceptors (Lipinski definition) is 3. The molecule has 8 atom stereocenters. The Morgan fingerprint density at radius 2 is 1.62 bits per heavy atom. The van der Waals surface area contributed by atoms with Gasteiger partial charge in [-0.2, -0.15) is 0 Å². The summed E-state index contributed by atoms with van der Waals surface area (Å²) in [5.74, 6) is 4.28. The van der Waals surface area contributed by atoms with Crippen LogP contribution in [-0.4, -0.2) is 34.1 Å². The van der Waals surface area contributed by atoms with Gasteiger partial charge in [-0.25, -0.2) is 0 Å². The number of allylic oxidation sites excluding steroid dienone is 2. The molecular formula is C29H54O3. The van der Waals surface area contributed by atoms with Crippen LogP contribution in [0.1, 0.15) is 113 Å². The molecule has 3 saturated carbocycles. The monoisotopic (exact) mass is 450 g/mol. The molecule has 0 heterocycles. The molecule has 32 heavy (non-hydrogen) atoms. The quantitative estimate of drug-likeness (QED) is 0.406. The Morgan fingerprint density at radius 1 is 1.00 bits per heavy atom. The molecule has 0 aliphatic heterocycles. The van der Waals surface area contributed by atoms with Crippen molar-refractivity contribution in [3.8, 4) is 0 Å². The first-order valence-corrected chi connectivity index (χ1v) is 13.6. The number of aliphatic hydroxyl groups is 3. The summed E-state index contributed by atoms with van der Waals surface area (Å²) in [6, 6.07) is 0. The van der Waals surface area contributed by atoms with Gasteiger partial charge >= 0.3 is 0 Å². The Hall–Kier alpha value is -0.380. The fourth-order valence-electron chi connectivity index (χ4n) is 8.24. The van der Waals surface area contributed by atoms with Crippen LogP contribution in [-0.2, 0) is 0 Å². The zero-order valence-corrected chi connectivity index (χ0v) is 22.5. The van der Waals surface area contributed by atoms with Gasteiger partial charge in [-0.1, -0.05) is 52.7 Å². The largest absolute Gasteiger partial charge is 0.400 e. The van der Waals surface area contributed by atoms with Gasteiger partial charge in [0.05, 0.1) is 11.7 Å². The lowest BCUT2D eigenvalue weighted by atomic mass is 9.47. The van der Waals surface area contributed by atoms with Crippen LogP contribution in [0, 0.1) is 40.4 Å². The second-order valence-corrected chi connectivity index (χ2v) is 12.1. The summed E-state index contributed by atoms with van der Waals surface area (Å²) in [5, 5.41) is 27.2. The Morgan fingerprint density at radius 3 is 2.25 bits per heavy atom. The molecule has 0 aromatic heterocycles. The van der Waals surface area contributed by atoms with Crippen molar-refractivity contribution in [3.05, 3.63) is 11.6 Å². The van der Waals surface area contributed by atoms with E-state index in [0.29, 0.717) is 10.8 Å². The fraction of sp³-hybridized carbons (Fsp3) is 0.931. The second-order valence-electron chi connectivity index (χ2n) is 12.1. The molecule has 0 aromatic rings. The maximum absolute atomic E-state index is 10.2. The van der Waals surface area contributed by atoms with E-state index in [-0.39, 0.29) is 0 Å². The third-order valence-corrected chi connectivity index (χ3v) is 10.2. The Labute approximate surface area is 199 Å². The van der Waals surface area contributed by atoms with Crippen LogP contribution >= 0.6 is 0 Å². The lowest BCUT2D eigenvalue weighted by Gasteiger charge is -2.58. The topological polar surface area (TPSA) is 60.7 Å². The first-order chi connectivity index (χ1) is 15.1. The van der Waals surface area contributed by atoms with Crippen LogP contribution in [0.15, 0.2) is 11.6 Å². The predicted octanol–water partition coefficient (Wildman–Crippen LogP) is 6.75. The molecule has 0 aromatic carbocycles. The molecule has 0 saturated heterocycles. The molecule has 3 N–H and O–H groups in total. The summed E-state index contributed by atoms with van der Waals surface area (Å²) in [5.41, 5.74) is 1.89. The van der Waals surface area contributed by atoms with E-state index >= 15 is 0 Å². The summed E-state index contributed by atoms with van der Waals surface area (Å²) < 4.78 is 0. The van der Waals surface area contributed by atoms with E-state index in [9.17, 15) is 10.2 Å². The van der Waals surface area contributed by atoms with Crippen LogP contribution in [0.3, 0.4) is 0 Å². The van der Waals surface area contributed by atoms with E-state index in [1.165, 1.54) is 51.4 Å². The maximum Gasteiger partial charge on any atom is 0.0849 e. The highest BCUT2D eigenvalue weighted by atomic mass is 16.3. The standard InChI is InChI=1S/C26H44O2.C2H6.CH4O/c1-17-9-12-20-19(17)11-14-22-21-13-10-18(7-6-8-23(27)24(2,3)28)25(21,4)15-16-26(20,22)5;2*1-2/h11,17-18,20-23,27-28H,6-10,12-16H2,1-5H3;1-2H3;2H,1H3. The predicted molar refractivity (Wildman–Crippen MR) is 135 cm³/mol. The van der Waals surface area contributed by atoms with Crippen LogP contribution in [0.2, 0.25) is 0 Å². The van der Waals surface area contributed by atoms with Crippen molar-refractivity contribution < 1.29 is 15.3 Å². The van der Waals surface area contributed by atoms with Crippen molar-refractivity contribution in [1.29, 1.82) is 0 Å². The van der Waals surface area contributed by atoms with Crippen molar-refractivity contribution in [2.24, 2.45) is 40.4 Å². The minimum atomic E-state index is -0.973. The van der Waals surface area contributed by atoms with Gasteiger partial charge < -0.3 is 15.3 Å². The molecule has 0 bridgehead atoms. The molecule has 188 valence electrons.